The minimum atomic E-state index is -0.567. The first kappa shape index (κ1) is 24.7. The van der Waals surface area contributed by atoms with E-state index in [1.807, 2.05) is 6.92 Å². The molecule has 4 heteroatoms. The van der Waals surface area contributed by atoms with Gasteiger partial charge in [-0.3, -0.25) is 14.4 Å². The molecule has 0 aliphatic heterocycles. The van der Waals surface area contributed by atoms with Crippen LogP contribution < -0.4 is 0 Å². The highest BCUT2D eigenvalue weighted by molar-refractivity contribution is 5.95. The molecule has 10 atom stereocenters. The Morgan fingerprint density at radius 1 is 0.794 bits per heavy atom. The molecule has 0 spiro atoms. The van der Waals surface area contributed by atoms with Crippen LogP contribution in [0, 0.1) is 56.2 Å². The second kappa shape index (κ2) is 6.84. The third-order valence-corrected chi connectivity index (χ3v) is 13.6. The molecule has 5 rings (SSSR count). The Morgan fingerprint density at radius 3 is 2.09 bits per heavy atom. The summed E-state index contributed by atoms with van der Waals surface area (Å²) in [7, 11) is 0. The lowest BCUT2D eigenvalue weighted by molar-refractivity contribution is -0.265. The van der Waals surface area contributed by atoms with Gasteiger partial charge in [-0.2, -0.15) is 0 Å². The van der Waals surface area contributed by atoms with Crippen molar-refractivity contribution in [3.63, 3.8) is 0 Å². The molecule has 0 amide bonds. The number of aliphatic hydroxyl groups is 1. The summed E-state index contributed by atoms with van der Waals surface area (Å²) in [6.45, 7) is 17.6. The Hall–Kier alpha value is -1.03. The van der Waals surface area contributed by atoms with Crippen LogP contribution in [0.15, 0.2) is 0 Å². The standard InChI is InChI=1S/C30H46O4/c1-17-18(31)9-10-19-26(4)11-12-28(6)21-14-25(2,3)23(33)15-27(21,5)24(34)16-29(28,7)20(26)13-22(32)30(17,19)8/h17,19-22,32H,9-16H2,1-8H3/t17-,19?,20?,21?,22+,26-,27-,28-,29+,30+/m0/s1. The van der Waals surface area contributed by atoms with Crippen LogP contribution in [0.2, 0.25) is 0 Å². The lowest BCUT2D eigenvalue weighted by Crippen LogP contribution is -2.72. The Kier molecular flexibility index (Phi) is 4.96. The maximum Gasteiger partial charge on any atom is 0.140 e. The molecule has 0 aromatic heterocycles. The molecule has 34 heavy (non-hydrogen) atoms. The number of Topliss-reactive ketones (excluding diaryl/α,β-unsaturated/α-hetero) is 3. The van der Waals surface area contributed by atoms with E-state index in [1.165, 1.54) is 0 Å². The van der Waals surface area contributed by atoms with Crippen molar-refractivity contribution in [1.82, 2.24) is 0 Å². The molecular formula is C30H46O4. The van der Waals surface area contributed by atoms with Gasteiger partial charge >= 0.3 is 0 Å². The molecule has 5 aliphatic carbocycles. The highest BCUT2D eigenvalue weighted by atomic mass is 16.3. The molecule has 190 valence electrons. The highest BCUT2D eigenvalue weighted by Crippen LogP contribution is 2.77. The molecule has 0 aromatic rings. The summed E-state index contributed by atoms with van der Waals surface area (Å²) < 4.78 is 0. The van der Waals surface area contributed by atoms with Gasteiger partial charge in [0.15, 0.2) is 0 Å². The van der Waals surface area contributed by atoms with Crippen LogP contribution in [0.1, 0.15) is 107 Å². The number of carbonyl (C=O) groups excluding carboxylic acids is 3. The summed E-state index contributed by atoms with van der Waals surface area (Å²) in [5.41, 5.74) is -1.62. The number of aliphatic hydroxyl groups excluding tert-OH is 1. The molecule has 1 N–H and O–H groups in total. The third kappa shape index (κ3) is 2.62. The summed E-state index contributed by atoms with van der Waals surface area (Å²) in [5.74, 6) is 1.38. The lowest BCUT2D eigenvalue weighted by Gasteiger charge is -2.74. The van der Waals surface area contributed by atoms with Gasteiger partial charge in [-0.25, -0.2) is 0 Å². The minimum absolute atomic E-state index is 0.00518. The van der Waals surface area contributed by atoms with E-state index in [0.29, 0.717) is 31.5 Å². The number of hydrogen-bond donors (Lipinski definition) is 1. The van der Waals surface area contributed by atoms with Crippen LogP contribution in [0.5, 0.6) is 0 Å². The Balaban J connectivity index is 1.62. The van der Waals surface area contributed by atoms with E-state index in [0.717, 1.165) is 25.7 Å². The molecule has 0 heterocycles. The SMILES string of the molecule is C[C@H]1C(=O)CCC2[C@]3(C)CC[C@@]4(C)C5CC(C)(C)C(=O)C[C@]5(C)C(=O)C[C@]4(C)C3C[C@@H](O)[C@@]21C. The van der Waals surface area contributed by atoms with Crippen LogP contribution in [-0.4, -0.2) is 28.6 Å². The zero-order valence-electron chi connectivity index (χ0n) is 22.7. The maximum atomic E-state index is 14.0. The van der Waals surface area contributed by atoms with Gasteiger partial charge in [-0.15, -0.1) is 0 Å². The molecule has 5 aliphatic rings. The highest BCUT2D eigenvalue weighted by Gasteiger charge is 2.74. The number of carbonyl (C=O) groups is 3. The summed E-state index contributed by atoms with van der Waals surface area (Å²) in [5, 5.41) is 11.7. The monoisotopic (exact) mass is 470 g/mol. The average molecular weight is 471 g/mol. The van der Waals surface area contributed by atoms with E-state index in [2.05, 4.69) is 48.5 Å². The number of fused-ring (bicyclic) bond motifs is 7. The van der Waals surface area contributed by atoms with E-state index in [1.54, 1.807) is 0 Å². The van der Waals surface area contributed by atoms with E-state index in [9.17, 15) is 19.5 Å². The molecule has 0 radical (unpaired) electrons. The van der Waals surface area contributed by atoms with E-state index < -0.39 is 22.3 Å². The Labute approximate surface area is 206 Å². The molecule has 4 nitrogen and oxygen atoms in total. The molecule has 0 saturated heterocycles. The van der Waals surface area contributed by atoms with Gasteiger partial charge in [-0.1, -0.05) is 55.4 Å². The first-order valence-corrected chi connectivity index (χ1v) is 13.8. The molecule has 0 aromatic carbocycles. The smallest absolute Gasteiger partial charge is 0.140 e. The van der Waals surface area contributed by atoms with Crippen LogP contribution in [0.3, 0.4) is 0 Å². The van der Waals surface area contributed by atoms with Crippen molar-refractivity contribution < 1.29 is 19.5 Å². The van der Waals surface area contributed by atoms with Gasteiger partial charge in [0.2, 0.25) is 0 Å². The number of rotatable bonds is 0. The van der Waals surface area contributed by atoms with Crippen molar-refractivity contribution in [3.05, 3.63) is 0 Å². The fraction of sp³-hybridized carbons (Fsp3) is 0.900. The van der Waals surface area contributed by atoms with Crippen molar-refractivity contribution in [2.24, 2.45) is 56.2 Å². The second-order valence-electron chi connectivity index (χ2n) is 15.0. The van der Waals surface area contributed by atoms with Crippen molar-refractivity contribution in [2.75, 3.05) is 0 Å². The molecule has 5 saturated carbocycles. The van der Waals surface area contributed by atoms with Crippen molar-refractivity contribution in [2.45, 2.75) is 113 Å². The zero-order valence-corrected chi connectivity index (χ0v) is 22.7. The summed E-state index contributed by atoms with van der Waals surface area (Å²) in [6, 6.07) is 0. The first-order chi connectivity index (χ1) is 15.5. The van der Waals surface area contributed by atoms with Crippen molar-refractivity contribution in [1.29, 1.82) is 0 Å². The van der Waals surface area contributed by atoms with Crippen molar-refractivity contribution in [3.8, 4) is 0 Å². The minimum Gasteiger partial charge on any atom is -0.393 e. The van der Waals surface area contributed by atoms with Crippen LogP contribution in [0.25, 0.3) is 0 Å². The topological polar surface area (TPSA) is 71.4 Å². The van der Waals surface area contributed by atoms with Crippen LogP contribution in [-0.2, 0) is 14.4 Å². The molecule has 5 fully saturated rings. The van der Waals surface area contributed by atoms with Gasteiger partial charge < -0.3 is 5.11 Å². The summed E-state index contributed by atoms with van der Waals surface area (Å²) >= 11 is 0. The van der Waals surface area contributed by atoms with E-state index >= 15 is 0 Å². The van der Waals surface area contributed by atoms with Crippen molar-refractivity contribution >= 4 is 17.3 Å². The third-order valence-electron chi connectivity index (χ3n) is 13.6. The Bertz CT molecular complexity index is 967. The van der Waals surface area contributed by atoms with Crippen LogP contribution in [0.4, 0.5) is 0 Å². The van der Waals surface area contributed by atoms with Gasteiger partial charge in [0.1, 0.15) is 17.3 Å². The van der Waals surface area contributed by atoms with Gasteiger partial charge in [0, 0.05) is 41.4 Å². The predicted octanol–water partition coefficient (Wildman–Crippen LogP) is 5.79. The van der Waals surface area contributed by atoms with Gasteiger partial charge in [0.05, 0.1) is 6.10 Å². The van der Waals surface area contributed by atoms with E-state index in [-0.39, 0.29) is 51.5 Å². The second-order valence-corrected chi connectivity index (χ2v) is 15.0. The molecule has 0 bridgehead atoms. The normalized spacial score (nSPS) is 56.7. The van der Waals surface area contributed by atoms with E-state index in [4.69, 9.17) is 0 Å². The van der Waals surface area contributed by atoms with Gasteiger partial charge in [-0.05, 0) is 66.1 Å². The number of hydrogen-bond acceptors (Lipinski definition) is 4. The predicted molar refractivity (Wildman–Crippen MR) is 132 cm³/mol. The molecular weight excluding hydrogens is 424 g/mol. The van der Waals surface area contributed by atoms with Gasteiger partial charge in [0.25, 0.3) is 0 Å². The summed E-state index contributed by atoms with van der Waals surface area (Å²) in [6.07, 6.45) is 5.40. The summed E-state index contributed by atoms with van der Waals surface area (Å²) in [4.78, 5) is 39.7. The first-order valence-electron chi connectivity index (χ1n) is 13.8. The quantitative estimate of drug-likeness (QED) is 0.487. The fourth-order valence-electron chi connectivity index (χ4n) is 10.8. The zero-order chi connectivity index (χ0) is 25.3. The fourth-order valence-corrected chi connectivity index (χ4v) is 10.8. The largest absolute Gasteiger partial charge is 0.393 e. The number of ketones is 3. The van der Waals surface area contributed by atoms with Crippen LogP contribution >= 0.6 is 0 Å². The lowest BCUT2D eigenvalue weighted by atomic mass is 9.29. The molecule has 3 unspecified atom stereocenters. The average Bonchev–Trinajstić information content (AvgIpc) is 2.74. The Morgan fingerprint density at radius 2 is 1.44 bits per heavy atom. The maximum absolute atomic E-state index is 14.0.